The molecule has 8 nitrogen and oxygen atoms in total. The number of nitrogens with zero attached hydrogens (tertiary/aromatic N) is 2. The zero-order valence-corrected chi connectivity index (χ0v) is 21.8. The molecule has 4 rings (SSSR count). The Morgan fingerprint density at radius 2 is 1.10 bits per heavy atom. The Morgan fingerprint density at radius 1 is 0.575 bits per heavy atom. The van der Waals surface area contributed by atoms with Gasteiger partial charge >= 0.3 is 11.9 Å². The first kappa shape index (κ1) is 27.5. The standard InChI is InChI=1S/C32H26N2O6/c1-33(29(35)23-11-13-25(14-12-23)31(37)38)26-17-15-24(16-18-26)30(36)34(2)28-19-10-22(20-27(28)32(39)40)9-8-21-6-4-3-5-7-21/h3-20H,1-2H3,(H,37,38)(H,39,40)/b9-8+. The third kappa shape index (κ3) is 6.14. The summed E-state index contributed by atoms with van der Waals surface area (Å²) in [7, 11) is 3.08. The highest BCUT2D eigenvalue weighted by Gasteiger charge is 2.21. The van der Waals surface area contributed by atoms with E-state index in [4.69, 9.17) is 5.11 Å². The Balaban J connectivity index is 1.50. The van der Waals surface area contributed by atoms with Crippen molar-refractivity contribution in [1.29, 1.82) is 0 Å². The number of carbonyl (C=O) groups is 4. The maximum absolute atomic E-state index is 13.2. The van der Waals surface area contributed by atoms with E-state index >= 15 is 0 Å². The molecule has 2 N–H and O–H groups in total. The van der Waals surface area contributed by atoms with Crippen molar-refractivity contribution >= 4 is 47.3 Å². The summed E-state index contributed by atoms with van der Waals surface area (Å²) in [5.74, 6) is -3.00. The van der Waals surface area contributed by atoms with Crippen LogP contribution in [0, 0.1) is 0 Å². The van der Waals surface area contributed by atoms with Gasteiger partial charge in [-0.15, -0.1) is 0 Å². The van der Waals surface area contributed by atoms with E-state index in [2.05, 4.69) is 0 Å². The van der Waals surface area contributed by atoms with Gasteiger partial charge in [0.15, 0.2) is 0 Å². The van der Waals surface area contributed by atoms with Crippen molar-refractivity contribution in [2.24, 2.45) is 0 Å². The molecule has 4 aromatic rings. The fourth-order valence-corrected chi connectivity index (χ4v) is 4.07. The molecule has 0 atom stereocenters. The molecular formula is C32H26N2O6. The largest absolute Gasteiger partial charge is 0.478 e. The second-order valence-electron chi connectivity index (χ2n) is 8.98. The number of hydrogen-bond acceptors (Lipinski definition) is 4. The maximum Gasteiger partial charge on any atom is 0.337 e. The van der Waals surface area contributed by atoms with E-state index < -0.39 is 17.8 Å². The van der Waals surface area contributed by atoms with Gasteiger partial charge < -0.3 is 20.0 Å². The molecule has 8 heteroatoms. The van der Waals surface area contributed by atoms with Gasteiger partial charge in [0.1, 0.15) is 0 Å². The lowest BCUT2D eigenvalue weighted by atomic mass is 10.1. The van der Waals surface area contributed by atoms with Crippen molar-refractivity contribution in [2.45, 2.75) is 0 Å². The van der Waals surface area contributed by atoms with Gasteiger partial charge in [0, 0.05) is 30.9 Å². The highest BCUT2D eigenvalue weighted by Crippen LogP contribution is 2.25. The molecule has 0 spiro atoms. The van der Waals surface area contributed by atoms with Gasteiger partial charge in [0.25, 0.3) is 11.8 Å². The topological polar surface area (TPSA) is 115 Å². The van der Waals surface area contributed by atoms with Crippen molar-refractivity contribution in [3.63, 3.8) is 0 Å². The van der Waals surface area contributed by atoms with E-state index in [0.717, 1.165) is 5.56 Å². The second-order valence-corrected chi connectivity index (χ2v) is 8.98. The third-order valence-electron chi connectivity index (χ3n) is 6.37. The molecular weight excluding hydrogens is 508 g/mol. The van der Waals surface area contributed by atoms with Gasteiger partial charge in [-0.2, -0.15) is 0 Å². The van der Waals surface area contributed by atoms with Gasteiger partial charge in [-0.25, -0.2) is 9.59 Å². The van der Waals surface area contributed by atoms with E-state index in [1.54, 1.807) is 43.4 Å². The summed E-state index contributed by atoms with van der Waals surface area (Å²) < 4.78 is 0. The van der Waals surface area contributed by atoms with Gasteiger partial charge in [-0.05, 0) is 71.8 Å². The predicted octanol–water partition coefficient (Wildman–Crippen LogP) is 5.81. The average molecular weight is 535 g/mol. The zero-order valence-electron chi connectivity index (χ0n) is 21.8. The average Bonchev–Trinajstić information content (AvgIpc) is 2.99. The van der Waals surface area contributed by atoms with Gasteiger partial charge in [-0.1, -0.05) is 48.6 Å². The van der Waals surface area contributed by atoms with Crippen LogP contribution in [-0.2, 0) is 0 Å². The monoisotopic (exact) mass is 534 g/mol. The van der Waals surface area contributed by atoms with Crippen molar-refractivity contribution < 1.29 is 29.4 Å². The summed E-state index contributed by atoms with van der Waals surface area (Å²) in [5, 5.41) is 18.9. The minimum atomic E-state index is -1.16. The van der Waals surface area contributed by atoms with E-state index in [9.17, 15) is 24.3 Å². The lowest BCUT2D eigenvalue weighted by molar-refractivity contribution is 0.0686. The molecule has 0 saturated heterocycles. The molecule has 200 valence electrons. The minimum Gasteiger partial charge on any atom is -0.478 e. The SMILES string of the molecule is CN(C(=O)c1ccc(C(=O)O)cc1)c1ccc(C(=O)N(C)c2ccc(/C=C/c3ccccc3)cc2C(=O)O)cc1. The van der Waals surface area contributed by atoms with Crippen LogP contribution in [-0.4, -0.2) is 48.1 Å². The third-order valence-corrected chi connectivity index (χ3v) is 6.37. The fraction of sp³-hybridized carbons (Fsp3) is 0.0625. The number of amides is 2. The van der Waals surface area contributed by atoms with Crippen LogP contribution in [0.25, 0.3) is 12.2 Å². The van der Waals surface area contributed by atoms with Crippen LogP contribution in [0.4, 0.5) is 11.4 Å². The van der Waals surface area contributed by atoms with Crippen molar-refractivity contribution in [2.75, 3.05) is 23.9 Å². The fourth-order valence-electron chi connectivity index (χ4n) is 4.07. The smallest absolute Gasteiger partial charge is 0.337 e. The van der Waals surface area contributed by atoms with Crippen LogP contribution in [0.15, 0.2) is 97.1 Å². The summed E-state index contributed by atoms with van der Waals surface area (Å²) in [5.41, 5.74) is 3.11. The molecule has 0 aliphatic rings. The lowest BCUT2D eigenvalue weighted by Crippen LogP contribution is -2.28. The minimum absolute atomic E-state index is 0.0121. The number of carboxylic acids is 2. The van der Waals surface area contributed by atoms with Crippen LogP contribution >= 0.6 is 0 Å². The van der Waals surface area contributed by atoms with Gasteiger partial charge in [0.2, 0.25) is 0 Å². The maximum atomic E-state index is 13.2. The van der Waals surface area contributed by atoms with Crippen molar-refractivity contribution in [3.05, 3.63) is 130 Å². The molecule has 0 heterocycles. The Hall–Kier alpha value is -5.50. The number of aromatic carboxylic acids is 2. The van der Waals surface area contributed by atoms with Crippen LogP contribution < -0.4 is 9.80 Å². The summed E-state index contributed by atoms with van der Waals surface area (Å²) in [6.07, 6.45) is 3.69. The first-order chi connectivity index (χ1) is 19.2. The van der Waals surface area contributed by atoms with E-state index in [1.807, 2.05) is 42.5 Å². The van der Waals surface area contributed by atoms with E-state index in [-0.39, 0.29) is 22.7 Å². The van der Waals surface area contributed by atoms with Gasteiger partial charge in [0.05, 0.1) is 16.8 Å². The number of carboxylic acid groups (broad SMARTS) is 2. The summed E-state index contributed by atoms with van der Waals surface area (Å²) >= 11 is 0. The molecule has 0 saturated carbocycles. The Labute approximate surface area is 231 Å². The molecule has 40 heavy (non-hydrogen) atoms. The van der Waals surface area contributed by atoms with Crippen LogP contribution in [0.3, 0.4) is 0 Å². The molecule has 0 radical (unpaired) electrons. The Morgan fingerprint density at radius 3 is 1.68 bits per heavy atom. The highest BCUT2D eigenvalue weighted by molar-refractivity contribution is 6.10. The number of anilines is 2. The van der Waals surface area contributed by atoms with Crippen LogP contribution in [0.5, 0.6) is 0 Å². The Bertz CT molecular complexity index is 1590. The molecule has 0 aliphatic carbocycles. The highest BCUT2D eigenvalue weighted by atomic mass is 16.4. The molecule has 0 bridgehead atoms. The second kappa shape index (κ2) is 11.9. The summed E-state index contributed by atoms with van der Waals surface area (Å²) in [4.78, 5) is 51.8. The first-order valence-electron chi connectivity index (χ1n) is 12.3. The molecule has 0 aromatic heterocycles. The van der Waals surface area contributed by atoms with Crippen LogP contribution in [0.1, 0.15) is 52.6 Å². The van der Waals surface area contributed by atoms with E-state index in [0.29, 0.717) is 22.4 Å². The van der Waals surface area contributed by atoms with Crippen molar-refractivity contribution in [3.8, 4) is 0 Å². The quantitative estimate of drug-likeness (QED) is 0.276. The van der Waals surface area contributed by atoms with E-state index in [1.165, 1.54) is 47.2 Å². The molecule has 0 aliphatic heterocycles. The first-order valence-corrected chi connectivity index (χ1v) is 12.3. The van der Waals surface area contributed by atoms with Crippen molar-refractivity contribution in [1.82, 2.24) is 0 Å². The van der Waals surface area contributed by atoms with Gasteiger partial charge in [-0.3, -0.25) is 9.59 Å². The number of hydrogen-bond donors (Lipinski definition) is 2. The summed E-state index contributed by atoms with van der Waals surface area (Å²) in [6.45, 7) is 0. The van der Waals surface area contributed by atoms with Crippen LogP contribution in [0.2, 0.25) is 0 Å². The summed E-state index contributed by atoms with van der Waals surface area (Å²) in [6, 6.07) is 26.4. The molecule has 4 aromatic carbocycles. The predicted molar refractivity (Wildman–Crippen MR) is 154 cm³/mol. The number of carbonyl (C=O) groups excluding carboxylic acids is 2. The molecule has 0 unspecified atom stereocenters. The lowest BCUT2D eigenvalue weighted by Gasteiger charge is -2.21. The number of rotatable bonds is 8. The Kier molecular flexibility index (Phi) is 8.20. The molecule has 2 amide bonds. The zero-order chi connectivity index (χ0) is 28.8. The number of benzene rings is 4. The normalized spacial score (nSPS) is 10.8. The molecule has 0 fully saturated rings.